The van der Waals surface area contributed by atoms with Crippen molar-refractivity contribution in [3.05, 3.63) is 0 Å². The van der Waals surface area contributed by atoms with Crippen molar-refractivity contribution in [2.45, 2.75) is 68.3 Å². The molecule has 2 aliphatic rings. The van der Waals surface area contributed by atoms with E-state index < -0.39 is 61.4 Å². The molecule has 7 N–H and O–H groups in total. The zero-order chi connectivity index (χ0) is 16.6. The average molecular weight is 326 g/mol. The number of ether oxygens (including phenoxy) is 3. The van der Waals surface area contributed by atoms with Crippen LogP contribution in [0.15, 0.2) is 0 Å². The molecule has 22 heavy (non-hydrogen) atoms. The molecule has 2 saturated heterocycles. The summed E-state index contributed by atoms with van der Waals surface area (Å²) in [6, 6.07) is 0. The molecule has 2 rings (SSSR count). The van der Waals surface area contributed by atoms with Crippen molar-refractivity contribution in [2.75, 3.05) is 6.61 Å². The van der Waals surface area contributed by atoms with Crippen LogP contribution in [0, 0.1) is 0 Å². The summed E-state index contributed by atoms with van der Waals surface area (Å²) in [4.78, 5) is 0. The molecule has 2 heterocycles. The van der Waals surface area contributed by atoms with Crippen LogP contribution >= 0.6 is 0 Å². The third-order valence-electron chi connectivity index (χ3n) is 3.92. The molecule has 5 unspecified atom stereocenters. The lowest BCUT2D eigenvalue weighted by molar-refractivity contribution is -0.322. The van der Waals surface area contributed by atoms with Gasteiger partial charge in [-0.25, -0.2) is 0 Å². The van der Waals surface area contributed by atoms with E-state index in [2.05, 4.69) is 0 Å². The molecule has 0 radical (unpaired) electrons. The van der Waals surface area contributed by atoms with Gasteiger partial charge in [-0.3, -0.25) is 0 Å². The lowest BCUT2D eigenvalue weighted by Gasteiger charge is -2.41. The van der Waals surface area contributed by atoms with Crippen LogP contribution in [0.2, 0.25) is 0 Å². The second-order valence-corrected chi connectivity index (χ2v) is 5.55. The predicted octanol–water partition coefficient (Wildman–Crippen LogP) is -4.37. The van der Waals surface area contributed by atoms with E-state index in [0.717, 1.165) is 0 Å². The summed E-state index contributed by atoms with van der Waals surface area (Å²) < 4.78 is 15.3. The van der Waals surface area contributed by atoms with E-state index in [0.29, 0.717) is 0 Å². The summed E-state index contributed by atoms with van der Waals surface area (Å²) >= 11 is 0. The van der Waals surface area contributed by atoms with Crippen molar-refractivity contribution in [2.24, 2.45) is 0 Å². The third-order valence-corrected chi connectivity index (χ3v) is 3.92. The number of aliphatic hydroxyl groups is 7. The van der Waals surface area contributed by atoms with Gasteiger partial charge >= 0.3 is 0 Å². The van der Waals surface area contributed by atoms with Gasteiger partial charge in [-0.05, 0) is 6.92 Å². The van der Waals surface area contributed by atoms with Crippen LogP contribution in [-0.4, -0.2) is 104 Å². The van der Waals surface area contributed by atoms with Gasteiger partial charge in [-0.1, -0.05) is 0 Å². The van der Waals surface area contributed by atoms with Gasteiger partial charge < -0.3 is 50.0 Å². The molecule has 2 fully saturated rings. The minimum atomic E-state index is -1.70. The molecule has 0 saturated carbocycles. The molecular formula is C12H22O10. The minimum absolute atomic E-state index is 0.390. The Hall–Kier alpha value is -0.400. The second kappa shape index (κ2) is 7.01. The van der Waals surface area contributed by atoms with E-state index in [-0.39, 0.29) is 6.61 Å². The molecule has 0 aromatic carbocycles. The van der Waals surface area contributed by atoms with Crippen LogP contribution in [0.4, 0.5) is 0 Å². The molecule has 0 aliphatic carbocycles. The number of rotatable bonds is 3. The maximum Gasteiger partial charge on any atom is 0.186 e. The molecule has 10 heteroatoms. The fourth-order valence-electron chi connectivity index (χ4n) is 2.41. The standard InChI is InChI=1S/C12H22O10/c1-3-5(13)7(15)10(18)12(21-3)20-2-4-6(14)8(16)9(17)11(19)22-4/h3-19H,2H2,1H3/t3?,4?,5-,6+,7-,8?,9+,10?,11?,12+/m0/s1. The molecule has 2 aliphatic heterocycles. The zero-order valence-electron chi connectivity index (χ0n) is 11.8. The van der Waals surface area contributed by atoms with Gasteiger partial charge in [0.05, 0.1) is 12.7 Å². The van der Waals surface area contributed by atoms with Crippen LogP contribution in [0.25, 0.3) is 0 Å². The highest BCUT2D eigenvalue weighted by Gasteiger charge is 2.45. The van der Waals surface area contributed by atoms with Crippen molar-refractivity contribution in [3.8, 4) is 0 Å². The Kier molecular flexibility index (Phi) is 5.72. The number of hydrogen-bond donors (Lipinski definition) is 7. The Morgan fingerprint density at radius 1 is 0.727 bits per heavy atom. The van der Waals surface area contributed by atoms with Gasteiger partial charge in [0.15, 0.2) is 12.6 Å². The Morgan fingerprint density at radius 2 is 1.32 bits per heavy atom. The minimum Gasteiger partial charge on any atom is -0.388 e. The van der Waals surface area contributed by atoms with Gasteiger partial charge in [0, 0.05) is 0 Å². The first-order chi connectivity index (χ1) is 10.2. The van der Waals surface area contributed by atoms with Gasteiger partial charge in [0.1, 0.15) is 42.7 Å². The highest BCUT2D eigenvalue weighted by atomic mass is 16.7. The molecular weight excluding hydrogens is 304 g/mol. The van der Waals surface area contributed by atoms with Gasteiger partial charge in [-0.15, -0.1) is 0 Å². The van der Waals surface area contributed by atoms with Crippen molar-refractivity contribution in [1.29, 1.82) is 0 Å². The lowest BCUT2D eigenvalue weighted by Crippen LogP contribution is -2.60. The highest BCUT2D eigenvalue weighted by Crippen LogP contribution is 2.24. The van der Waals surface area contributed by atoms with Crippen molar-refractivity contribution in [3.63, 3.8) is 0 Å². The van der Waals surface area contributed by atoms with Crippen molar-refractivity contribution in [1.82, 2.24) is 0 Å². The van der Waals surface area contributed by atoms with E-state index in [1.165, 1.54) is 6.92 Å². The first-order valence-electron chi connectivity index (χ1n) is 6.93. The third kappa shape index (κ3) is 3.41. The molecule has 130 valence electrons. The Labute approximate surface area is 126 Å². The van der Waals surface area contributed by atoms with Crippen LogP contribution in [-0.2, 0) is 14.2 Å². The van der Waals surface area contributed by atoms with Crippen LogP contribution in [0.5, 0.6) is 0 Å². The first-order valence-corrected chi connectivity index (χ1v) is 6.93. The fraction of sp³-hybridized carbons (Fsp3) is 1.00. The summed E-state index contributed by atoms with van der Waals surface area (Å²) in [6.07, 6.45) is -14.0. The van der Waals surface area contributed by atoms with Gasteiger partial charge in [0.2, 0.25) is 0 Å². The van der Waals surface area contributed by atoms with E-state index in [1.807, 2.05) is 0 Å². The normalized spacial score (nSPS) is 53.5. The summed E-state index contributed by atoms with van der Waals surface area (Å²) in [7, 11) is 0. The van der Waals surface area contributed by atoms with Crippen molar-refractivity contribution >= 4 is 0 Å². The summed E-state index contributed by atoms with van der Waals surface area (Å²) in [5, 5.41) is 67.0. The van der Waals surface area contributed by atoms with Crippen LogP contribution < -0.4 is 0 Å². The van der Waals surface area contributed by atoms with Crippen molar-refractivity contribution < 1.29 is 50.0 Å². The largest absolute Gasteiger partial charge is 0.388 e. The number of aliphatic hydroxyl groups excluding tert-OH is 7. The monoisotopic (exact) mass is 326 g/mol. The Balaban J connectivity index is 1.92. The molecule has 10 atom stereocenters. The maximum atomic E-state index is 9.76. The topological polar surface area (TPSA) is 169 Å². The number of hydrogen-bond acceptors (Lipinski definition) is 10. The first kappa shape index (κ1) is 17.9. The van der Waals surface area contributed by atoms with Crippen LogP contribution in [0.3, 0.4) is 0 Å². The summed E-state index contributed by atoms with van der Waals surface area (Å²) in [5.41, 5.74) is 0. The summed E-state index contributed by atoms with van der Waals surface area (Å²) in [6.45, 7) is 1.09. The maximum absolute atomic E-state index is 9.76. The summed E-state index contributed by atoms with van der Waals surface area (Å²) in [5.74, 6) is 0. The van der Waals surface area contributed by atoms with E-state index in [9.17, 15) is 35.7 Å². The smallest absolute Gasteiger partial charge is 0.186 e. The quantitative estimate of drug-likeness (QED) is 0.269. The predicted molar refractivity (Wildman–Crippen MR) is 67.2 cm³/mol. The molecule has 0 bridgehead atoms. The molecule has 0 aromatic rings. The van der Waals surface area contributed by atoms with Crippen LogP contribution in [0.1, 0.15) is 6.92 Å². The Bertz CT molecular complexity index is 334. The van der Waals surface area contributed by atoms with E-state index in [4.69, 9.17) is 14.2 Å². The lowest BCUT2D eigenvalue weighted by atomic mass is 9.99. The van der Waals surface area contributed by atoms with Gasteiger partial charge in [0.25, 0.3) is 0 Å². The SMILES string of the molecule is CC1O[C@@H](OCC2OC(O)[C@H](O)C(O)[C@@H]2O)C(O)[C@@H](O)[C@H]1O. The average Bonchev–Trinajstić information content (AvgIpc) is 2.49. The molecule has 10 nitrogen and oxygen atoms in total. The highest BCUT2D eigenvalue weighted by molar-refractivity contribution is 4.90. The molecule has 0 spiro atoms. The Morgan fingerprint density at radius 3 is 1.95 bits per heavy atom. The molecule has 0 aromatic heterocycles. The molecule has 0 amide bonds. The zero-order valence-corrected chi connectivity index (χ0v) is 11.8. The van der Waals surface area contributed by atoms with E-state index >= 15 is 0 Å². The van der Waals surface area contributed by atoms with Gasteiger partial charge in [-0.2, -0.15) is 0 Å². The van der Waals surface area contributed by atoms with E-state index in [1.54, 1.807) is 0 Å². The fourth-order valence-corrected chi connectivity index (χ4v) is 2.41. The second-order valence-electron chi connectivity index (χ2n) is 5.55.